The largest absolute Gasteiger partial charge is 0.494 e. The molecule has 1 aliphatic heterocycles. The van der Waals surface area contributed by atoms with E-state index in [1.54, 1.807) is 11.8 Å². The zero-order valence-corrected chi connectivity index (χ0v) is 13.1. The Kier molecular flexibility index (Phi) is 5.64. The molecule has 2 nitrogen and oxygen atoms in total. The highest BCUT2D eigenvalue weighted by Gasteiger charge is 2.31. The Balaban J connectivity index is 2.15. The van der Waals surface area contributed by atoms with Crippen molar-refractivity contribution in [2.75, 3.05) is 18.1 Å². The molecule has 0 N–H and O–H groups in total. The van der Waals surface area contributed by atoms with E-state index in [1.165, 1.54) is 0 Å². The topological polar surface area (TPSA) is 26.3 Å². The van der Waals surface area contributed by atoms with Crippen LogP contribution in [0.15, 0.2) is 24.3 Å². The molecule has 1 aromatic rings. The van der Waals surface area contributed by atoms with Crippen LogP contribution in [-0.4, -0.2) is 34.4 Å². The summed E-state index contributed by atoms with van der Waals surface area (Å²) in [6, 6.07) is 7.58. The number of benzene rings is 1. The van der Waals surface area contributed by atoms with Gasteiger partial charge < -0.3 is 4.74 Å². The summed E-state index contributed by atoms with van der Waals surface area (Å²) >= 11 is 3.74. The average Bonchev–Trinajstić information content (AvgIpc) is 2.47. The molecule has 0 aliphatic carbocycles. The Bertz CT molecular complexity index is 434. The summed E-state index contributed by atoms with van der Waals surface area (Å²) in [5.74, 6) is 3.27. The highest BCUT2D eigenvalue weighted by atomic mass is 32.2. The molecule has 0 radical (unpaired) electrons. The van der Waals surface area contributed by atoms with Gasteiger partial charge in [-0.3, -0.25) is 4.79 Å². The number of thioether (sulfide) groups is 2. The lowest BCUT2D eigenvalue weighted by Crippen LogP contribution is -2.32. The van der Waals surface area contributed by atoms with Crippen molar-refractivity contribution in [2.45, 2.75) is 30.8 Å². The number of ether oxygens (including phenoxy) is 1. The van der Waals surface area contributed by atoms with Gasteiger partial charge in [0, 0.05) is 22.3 Å². The van der Waals surface area contributed by atoms with Gasteiger partial charge in [-0.15, -0.1) is 11.8 Å². The predicted octanol–water partition coefficient (Wildman–Crippen LogP) is 3.90. The third kappa shape index (κ3) is 3.69. The van der Waals surface area contributed by atoms with Crippen molar-refractivity contribution in [1.82, 2.24) is 0 Å². The molecule has 4 heteroatoms. The summed E-state index contributed by atoms with van der Waals surface area (Å²) in [4.78, 5) is 12.6. The van der Waals surface area contributed by atoms with E-state index in [9.17, 15) is 4.79 Å². The number of ketones is 1. The SMILES string of the molecule is CCOc1cccc(C(=O)C2SCCSC2CC)c1. The van der Waals surface area contributed by atoms with Crippen molar-refractivity contribution in [2.24, 2.45) is 0 Å². The maximum absolute atomic E-state index is 12.6. The first-order chi connectivity index (χ1) is 9.26. The predicted molar refractivity (Wildman–Crippen MR) is 84.7 cm³/mol. The highest BCUT2D eigenvalue weighted by Crippen LogP contribution is 2.35. The fourth-order valence-electron chi connectivity index (χ4n) is 2.22. The van der Waals surface area contributed by atoms with Gasteiger partial charge >= 0.3 is 0 Å². The first-order valence-corrected chi connectivity index (χ1v) is 8.86. The van der Waals surface area contributed by atoms with Gasteiger partial charge in [0.2, 0.25) is 0 Å². The van der Waals surface area contributed by atoms with Crippen molar-refractivity contribution in [3.05, 3.63) is 29.8 Å². The van der Waals surface area contributed by atoms with Crippen LogP contribution in [0, 0.1) is 0 Å². The summed E-state index contributed by atoms with van der Waals surface area (Å²) < 4.78 is 5.47. The molecule has 0 saturated carbocycles. The van der Waals surface area contributed by atoms with Crippen LogP contribution in [0.4, 0.5) is 0 Å². The summed E-state index contributed by atoms with van der Waals surface area (Å²) in [6.45, 7) is 4.75. The van der Waals surface area contributed by atoms with Gasteiger partial charge in [-0.05, 0) is 25.5 Å². The number of carbonyl (C=O) groups is 1. The molecule has 1 aromatic carbocycles. The van der Waals surface area contributed by atoms with Gasteiger partial charge in [0.15, 0.2) is 5.78 Å². The van der Waals surface area contributed by atoms with Crippen LogP contribution in [0.25, 0.3) is 0 Å². The Morgan fingerprint density at radius 1 is 1.32 bits per heavy atom. The van der Waals surface area contributed by atoms with Gasteiger partial charge in [0.05, 0.1) is 11.9 Å². The fourth-order valence-corrected chi connectivity index (χ4v) is 5.24. The lowest BCUT2D eigenvalue weighted by Gasteiger charge is -2.28. The lowest BCUT2D eigenvalue weighted by molar-refractivity contribution is 0.0987. The van der Waals surface area contributed by atoms with Crippen LogP contribution in [0.3, 0.4) is 0 Å². The third-order valence-corrected chi connectivity index (χ3v) is 6.39. The number of rotatable bonds is 5. The molecule has 1 aliphatic rings. The minimum Gasteiger partial charge on any atom is -0.494 e. The second-order valence-corrected chi connectivity index (χ2v) is 7.03. The lowest BCUT2D eigenvalue weighted by atomic mass is 10.0. The minimum atomic E-state index is 0.0978. The zero-order chi connectivity index (χ0) is 13.7. The van der Waals surface area contributed by atoms with Crippen LogP contribution in [0.5, 0.6) is 5.75 Å². The third-order valence-electron chi connectivity index (χ3n) is 3.14. The smallest absolute Gasteiger partial charge is 0.177 e. The maximum Gasteiger partial charge on any atom is 0.177 e. The molecule has 2 atom stereocenters. The Morgan fingerprint density at radius 2 is 2.11 bits per heavy atom. The molecular weight excluding hydrogens is 276 g/mol. The Hall–Kier alpha value is -0.610. The molecular formula is C15H20O2S2. The first-order valence-electron chi connectivity index (χ1n) is 6.76. The summed E-state index contributed by atoms with van der Waals surface area (Å²) in [7, 11) is 0. The average molecular weight is 296 g/mol. The van der Waals surface area contributed by atoms with Crippen LogP contribution >= 0.6 is 23.5 Å². The number of carbonyl (C=O) groups excluding carboxylic acids is 1. The molecule has 0 spiro atoms. The highest BCUT2D eigenvalue weighted by molar-refractivity contribution is 8.07. The van der Waals surface area contributed by atoms with Crippen molar-refractivity contribution < 1.29 is 9.53 Å². The van der Waals surface area contributed by atoms with Gasteiger partial charge in [-0.1, -0.05) is 19.1 Å². The van der Waals surface area contributed by atoms with E-state index in [1.807, 2.05) is 43.0 Å². The van der Waals surface area contributed by atoms with E-state index >= 15 is 0 Å². The molecule has 1 saturated heterocycles. The maximum atomic E-state index is 12.6. The van der Waals surface area contributed by atoms with Crippen molar-refractivity contribution in [1.29, 1.82) is 0 Å². The molecule has 2 rings (SSSR count). The number of hydrogen-bond donors (Lipinski definition) is 0. The Labute approximate surface area is 123 Å². The first kappa shape index (κ1) is 14.8. The van der Waals surface area contributed by atoms with E-state index in [4.69, 9.17) is 4.74 Å². The molecule has 1 fully saturated rings. The summed E-state index contributed by atoms with van der Waals surface area (Å²) in [5, 5.41) is 0.544. The molecule has 0 amide bonds. The van der Waals surface area contributed by atoms with Crippen LogP contribution < -0.4 is 4.74 Å². The number of hydrogen-bond acceptors (Lipinski definition) is 4. The van der Waals surface area contributed by atoms with E-state index in [0.29, 0.717) is 11.9 Å². The molecule has 2 unspecified atom stereocenters. The van der Waals surface area contributed by atoms with E-state index in [0.717, 1.165) is 29.2 Å². The number of Topliss-reactive ketones (excluding diaryl/α,β-unsaturated/α-hetero) is 1. The van der Waals surface area contributed by atoms with Crippen LogP contribution in [-0.2, 0) is 0 Å². The van der Waals surface area contributed by atoms with Gasteiger partial charge in [-0.25, -0.2) is 0 Å². The van der Waals surface area contributed by atoms with E-state index < -0.39 is 0 Å². The summed E-state index contributed by atoms with van der Waals surface area (Å²) in [5.41, 5.74) is 0.782. The van der Waals surface area contributed by atoms with Crippen molar-refractivity contribution in [3.8, 4) is 5.75 Å². The fraction of sp³-hybridized carbons (Fsp3) is 0.533. The second kappa shape index (κ2) is 7.25. The van der Waals surface area contributed by atoms with Crippen molar-refractivity contribution >= 4 is 29.3 Å². The van der Waals surface area contributed by atoms with Crippen LogP contribution in [0.2, 0.25) is 0 Å². The van der Waals surface area contributed by atoms with Gasteiger partial charge in [0.1, 0.15) is 5.75 Å². The monoisotopic (exact) mass is 296 g/mol. The van der Waals surface area contributed by atoms with E-state index in [-0.39, 0.29) is 11.0 Å². The normalized spacial score (nSPS) is 23.1. The second-order valence-electron chi connectivity index (χ2n) is 4.43. The summed E-state index contributed by atoms with van der Waals surface area (Å²) in [6.07, 6.45) is 1.05. The van der Waals surface area contributed by atoms with Crippen molar-refractivity contribution in [3.63, 3.8) is 0 Å². The molecule has 19 heavy (non-hydrogen) atoms. The molecule has 1 heterocycles. The Morgan fingerprint density at radius 3 is 2.84 bits per heavy atom. The van der Waals surface area contributed by atoms with E-state index in [2.05, 4.69) is 6.92 Å². The van der Waals surface area contributed by atoms with Crippen LogP contribution in [0.1, 0.15) is 30.6 Å². The molecule has 104 valence electrons. The minimum absolute atomic E-state index is 0.0978. The quantitative estimate of drug-likeness (QED) is 0.770. The standard InChI is InChI=1S/C15H20O2S2/c1-3-13-15(19-9-8-18-13)14(16)11-6-5-7-12(10-11)17-4-2/h5-7,10,13,15H,3-4,8-9H2,1-2H3. The molecule has 0 aromatic heterocycles. The zero-order valence-electron chi connectivity index (χ0n) is 11.4. The molecule has 0 bridgehead atoms. The van der Waals surface area contributed by atoms with Gasteiger partial charge in [0.25, 0.3) is 0 Å². The van der Waals surface area contributed by atoms with Gasteiger partial charge in [-0.2, -0.15) is 11.8 Å².